The van der Waals surface area contributed by atoms with Crippen molar-refractivity contribution in [3.05, 3.63) is 0 Å². The molecule has 0 aromatic heterocycles. The van der Waals surface area contributed by atoms with Gasteiger partial charge < -0.3 is 10.2 Å². The Morgan fingerprint density at radius 3 is 2.71 bits per heavy atom. The third-order valence-electron chi connectivity index (χ3n) is 3.90. The van der Waals surface area contributed by atoms with E-state index in [0.29, 0.717) is 17.9 Å². The Kier molecular flexibility index (Phi) is 5.96. The Morgan fingerprint density at radius 2 is 2.12 bits per heavy atom. The highest BCUT2D eigenvalue weighted by Crippen LogP contribution is 2.20. The van der Waals surface area contributed by atoms with E-state index in [0.717, 1.165) is 32.4 Å². The molecule has 1 rings (SSSR count). The molecule has 0 bridgehead atoms. The van der Waals surface area contributed by atoms with E-state index >= 15 is 0 Å². The molecular weight excluding hydrogens is 212 g/mol. The van der Waals surface area contributed by atoms with Gasteiger partial charge in [-0.25, -0.2) is 0 Å². The van der Waals surface area contributed by atoms with E-state index < -0.39 is 0 Å². The van der Waals surface area contributed by atoms with Crippen molar-refractivity contribution in [3.63, 3.8) is 0 Å². The maximum atomic E-state index is 12.3. The van der Waals surface area contributed by atoms with E-state index in [1.54, 1.807) is 0 Å². The predicted octanol–water partition coefficient (Wildman–Crippen LogP) is 2.41. The summed E-state index contributed by atoms with van der Waals surface area (Å²) in [5, 5.41) is 3.30. The van der Waals surface area contributed by atoms with Gasteiger partial charge in [0.05, 0.1) is 6.04 Å². The van der Waals surface area contributed by atoms with Gasteiger partial charge in [-0.1, -0.05) is 27.2 Å². The molecule has 3 atom stereocenters. The second kappa shape index (κ2) is 7.00. The standard InChI is InChI=1S/C14H28N2O/c1-5-11(3)10-12(4)16-9-7-8-13(14(16)17)15-6-2/h11-13,15H,5-10H2,1-4H3. The molecular formula is C14H28N2O. The molecule has 17 heavy (non-hydrogen) atoms. The molecule has 1 fully saturated rings. The van der Waals surface area contributed by atoms with Gasteiger partial charge in [0.2, 0.25) is 5.91 Å². The maximum Gasteiger partial charge on any atom is 0.239 e. The number of hydrogen-bond acceptors (Lipinski definition) is 2. The van der Waals surface area contributed by atoms with Crippen molar-refractivity contribution in [1.82, 2.24) is 10.2 Å². The second-order valence-electron chi connectivity index (χ2n) is 5.38. The molecule has 1 N–H and O–H groups in total. The zero-order chi connectivity index (χ0) is 12.8. The van der Waals surface area contributed by atoms with Crippen molar-refractivity contribution in [2.45, 2.75) is 65.5 Å². The van der Waals surface area contributed by atoms with Gasteiger partial charge in [0.15, 0.2) is 0 Å². The van der Waals surface area contributed by atoms with Crippen LogP contribution in [0, 0.1) is 5.92 Å². The minimum absolute atomic E-state index is 0.0631. The SMILES string of the molecule is CCNC1CCCN(C(C)CC(C)CC)C1=O. The van der Waals surface area contributed by atoms with E-state index in [-0.39, 0.29) is 6.04 Å². The van der Waals surface area contributed by atoms with E-state index in [1.807, 2.05) is 0 Å². The van der Waals surface area contributed by atoms with E-state index in [4.69, 9.17) is 0 Å². The van der Waals surface area contributed by atoms with Gasteiger partial charge in [0, 0.05) is 12.6 Å². The highest BCUT2D eigenvalue weighted by Gasteiger charge is 2.30. The average Bonchev–Trinajstić information content (AvgIpc) is 2.31. The number of carbonyl (C=O) groups is 1. The first-order chi connectivity index (χ1) is 8.10. The first kappa shape index (κ1) is 14.5. The van der Waals surface area contributed by atoms with Crippen LogP contribution < -0.4 is 5.32 Å². The molecule has 100 valence electrons. The number of likely N-dealkylation sites (tertiary alicyclic amines) is 1. The van der Waals surface area contributed by atoms with Crippen molar-refractivity contribution in [2.24, 2.45) is 5.92 Å². The lowest BCUT2D eigenvalue weighted by molar-refractivity contribution is -0.138. The lowest BCUT2D eigenvalue weighted by Gasteiger charge is -2.37. The van der Waals surface area contributed by atoms with Gasteiger partial charge in [-0.15, -0.1) is 0 Å². The number of carbonyl (C=O) groups excluding carboxylic acids is 1. The topological polar surface area (TPSA) is 32.3 Å². The molecule has 3 nitrogen and oxygen atoms in total. The van der Waals surface area contributed by atoms with Crippen molar-refractivity contribution in [3.8, 4) is 0 Å². The average molecular weight is 240 g/mol. The first-order valence-electron chi connectivity index (χ1n) is 7.13. The largest absolute Gasteiger partial charge is 0.339 e. The number of hydrogen-bond donors (Lipinski definition) is 1. The second-order valence-corrected chi connectivity index (χ2v) is 5.38. The molecule has 3 unspecified atom stereocenters. The fourth-order valence-electron chi connectivity index (χ4n) is 2.65. The van der Waals surface area contributed by atoms with E-state index in [2.05, 4.69) is 37.9 Å². The number of amides is 1. The molecule has 0 spiro atoms. The molecule has 0 saturated carbocycles. The Morgan fingerprint density at radius 1 is 1.41 bits per heavy atom. The van der Waals surface area contributed by atoms with Crippen LogP contribution in [0.3, 0.4) is 0 Å². The van der Waals surface area contributed by atoms with Crippen LogP contribution in [-0.2, 0) is 4.79 Å². The van der Waals surface area contributed by atoms with Crippen LogP contribution in [0.15, 0.2) is 0 Å². The zero-order valence-electron chi connectivity index (χ0n) is 11.8. The van der Waals surface area contributed by atoms with Crippen molar-refractivity contribution >= 4 is 5.91 Å². The summed E-state index contributed by atoms with van der Waals surface area (Å²) in [5.74, 6) is 1.02. The van der Waals surface area contributed by atoms with Gasteiger partial charge in [0.1, 0.15) is 0 Å². The predicted molar refractivity (Wildman–Crippen MR) is 71.9 cm³/mol. The zero-order valence-corrected chi connectivity index (χ0v) is 11.8. The molecule has 1 aliphatic rings. The van der Waals surface area contributed by atoms with Gasteiger partial charge in [-0.3, -0.25) is 4.79 Å². The maximum absolute atomic E-state index is 12.3. The smallest absolute Gasteiger partial charge is 0.239 e. The summed E-state index contributed by atoms with van der Waals surface area (Å²) in [7, 11) is 0. The number of nitrogens with zero attached hydrogens (tertiary/aromatic N) is 1. The first-order valence-corrected chi connectivity index (χ1v) is 7.13. The van der Waals surface area contributed by atoms with Gasteiger partial charge in [0.25, 0.3) is 0 Å². The number of nitrogens with one attached hydrogen (secondary N) is 1. The normalized spacial score (nSPS) is 24.8. The van der Waals surface area contributed by atoms with Gasteiger partial charge >= 0.3 is 0 Å². The molecule has 0 aliphatic carbocycles. The Hall–Kier alpha value is -0.570. The van der Waals surface area contributed by atoms with Crippen molar-refractivity contribution in [1.29, 1.82) is 0 Å². The quantitative estimate of drug-likeness (QED) is 0.773. The Labute approximate surface area is 106 Å². The van der Waals surface area contributed by atoms with Crippen LogP contribution in [0.1, 0.15) is 53.4 Å². The molecule has 1 heterocycles. The summed E-state index contributed by atoms with van der Waals surface area (Å²) in [4.78, 5) is 14.4. The molecule has 1 amide bonds. The molecule has 0 radical (unpaired) electrons. The minimum Gasteiger partial charge on any atom is -0.339 e. The monoisotopic (exact) mass is 240 g/mol. The van der Waals surface area contributed by atoms with Crippen LogP contribution in [0.25, 0.3) is 0 Å². The molecule has 3 heteroatoms. The minimum atomic E-state index is 0.0631. The van der Waals surface area contributed by atoms with Gasteiger partial charge in [-0.05, 0) is 38.6 Å². The summed E-state index contributed by atoms with van der Waals surface area (Å²) in [6.45, 7) is 10.6. The lowest BCUT2D eigenvalue weighted by Crippen LogP contribution is -2.53. The van der Waals surface area contributed by atoms with E-state index in [9.17, 15) is 4.79 Å². The highest BCUT2D eigenvalue weighted by atomic mass is 16.2. The van der Waals surface area contributed by atoms with Crippen LogP contribution >= 0.6 is 0 Å². The van der Waals surface area contributed by atoms with E-state index in [1.165, 1.54) is 6.42 Å². The number of rotatable bonds is 6. The molecule has 1 saturated heterocycles. The fourth-order valence-corrected chi connectivity index (χ4v) is 2.65. The van der Waals surface area contributed by atoms with Crippen molar-refractivity contribution < 1.29 is 4.79 Å². The van der Waals surface area contributed by atoms with Crippen LogP contribution in [-0.4, -0.2) is 36.0 Å². The van der Waals surface area contributed by atoms with Crippen molar-refractivity contribution in [2.75, 3.05) is 13.1 Å². The molecule has 0 aromatic rings. The fraction of sp³-hybridized carbons (Fsp3) is 0.929. The van der Waals surface area contributed by atoms with Crippen LogP contribution in [0.5, 0.6) is 0 Å². The molecule has 1 aliphatic heterocycles. The summed E-state index contributed by atoms with van der Waals surface area (Å²) >= 11 is 0. The lowest BCUT2D eigenvalue weighted by atomic mass is 9.96. The highest BCUT2D eigenvalue weighted by molar-refractivity contribution is 5.82. The number of likely N-dealkylation sites (N-methyl/N-ethyl adjacent to an activating group) is 1. The summed E-state index contributed by atoms with van der Waals surface area (Å²) in [6.07, 6.45) is 4.46. The van der Waals surface area contributed by atoms with Gasteiger partial charge in [-0.2, -0.15) is 0 Å². The number of piperidine rings is 1. The Bertz CT molecular complexity index is 240. The molecule has 0 aromatic carbocycles. The van der Waals surface area contributed by atoms with Crippen LogP contribution in [0.4, 0.5) is 0 Å². The third-order valence-corrected chi connectivity index (χ3v) is 3.90. The summed E-state index contributed by atoms with van der Waals surface area (Å²) in [5.41, 5.74) is 0. The summed E-state index contributed by atoms with van der Waals surface area (Å²) < 4.78 is 0. The summed E-state index contributed by atoms with van der Waals surface area (Å²) in [6, 6.07) is 0.451. The van der Waals surface area contributed by atoms with Crippen LogP contribution in [0.2, 0.25) is 0 Å². The third kappa shape index (κ3) is 3.98. The Balaban J connectivity index is 2.54.